The van der Waals surface area contributed by atoms with E-state index in [1.165, 1.54) is 0 Å². The molecule has 0 rings (SSSR count). The molecule has 242 valence electrons. The smallest absolute Gasteiger partial charge is 0.408 e. The minimum Gasteiger partial charge on any atom is -0.444 e. The summed E-state index contributed by atoms with van der Waals surface area (Å²) in [5.74, 6) is 6.95. The van der Waals surface area contributed by atoms with Crippen molar-refractivity contribution >= 4 is 18.0 Å². The number of hydrogen-bond donors (Lipinski definition) is 5. The van der Waals surface area contributed by atoms with Crippen molar-refractivity contribution in [3.8, 4) is 0 Å². The first-order valence-electron chi connectivity index (χ1n) is 15.3. The maximum Gasteiger partial charge on any atom is 0.408 e. The molecule has 11 heteroatoms. The molecule has 0 saturated heterocycles. The molecule has 0 aromatic heterocycles. The molecule has 0 aliphatic heterocycles. The number of nitrogens with zero attached hydrogens (tertiary/aromatic N) is 2. The molecule has 0 aliphatic rings. The van der Waals surface area contributed by atoms with Crippen LogP contribution in [0, 0.1) is 0 Å². The van der Waals surface area contributed by atoms with E-state index in [0.717, 1.165) is 57.9 Å². The third-order valence-electron chi connectivity index (χ3n) is 6.30. The average molecular weight is 588 g/mol. The van der Waals surface area contributed by atoms with Gasteiger partial charge in [0.25, 0.3) is 0 Å². The fraction of sp³-hybridized carbons (Fsp3) is 0.900. The number of hydrogen-bond acceptors (Lipinski definition) is 8. The van der Waals surface area contributed by atoms with Gasteiger partial charge in [0.2, 0.25) is 0 Å². The summed E-state index contributed by atoms with van der Waals surface area (Å²) in [5.41, 5.74) is 3.58. The van der Waals surface area contributed by atoms with Gasteiger partial charge in [-0.25, -0.2) is 14.6 Å². The number of ether oxygens (including phenoxy) is 2. The van der Waals surface area contributed by atoms with Crippen molar-refractivity contribution in [3.05, 3.63) is 0 Å². The molecule has 0 radical (unpaired) electrons. The summed E-state index contributed by atoms with van der Waals surface area (Å²) in [6, 6.07) is 0. The molecule has 0 heterocycles. The second-order valence-electron chi connectivity index (χ2n) is 13.8. The highest BCUT2D eigenvalue weighted by Crippen LogP contribution is 2.18. The van der Waals surface area contributed by atoms with Gasteiger partial charge in [-0.2, -0.15) is 0 Å². The van der Waals surface area contributed by atoms with Gasteiger partial charge in [0, 0.05) is 26.2 Å². The normalized spacial score (nSPS) is 15.7. The Kier molecular flexibility index (Phi) is 17.5. The van der Waals surface area contributed by atoms with E-state index >= 15 is 0 Å². The van der Waals surface area contributed by atoms with Crippen LogP contribution in [0.15, 0.2) is 4.99 Å². The molecule has 0 aromatic carbocycles. The standard InChI is InChI=1S/C30H63N7O4/c1-11-12-17-30(10,36-26(39)41-28(6,7)8)23-37(32)21-16-15-19-33-22-29(9,18-13-14-20-34-24(2)31)35-25(38)40-27(3,4)5/h33H,11-23,32H2,1-10H3,(H2,31,34)(H,35,38)(H,36,39)/i33+2. The van der Waals surface area contributed by atoms with E-state index in [9.17, 15) is 9.59 Å². The predicted octanol–water partition coefficient (Wildman–Crippen LogP) is 4.84. The molecule has 2 atom stereocenters. The van der Waals surface area contributed by atoms with Gasteiger partial charge in [-0.05, 0) is 107 Å². The number of rotatable bonds is 19. The molecular weight excluding hydrogens is 524 g/mol. The van der Waals surface area contributed by atoms with Crippen LogP contribution in [-0.2, 0) is 9.47 Å². The first kappa shape index (κ1) is 38.9. The summed E-state index contributed by atoms with van der Waals surface area (Å²) in [6.07, 6.45) is 6.41. The Morgan fingerprint density at radius 1 is 0.829 bits per heavy atom. The Morgan fingerprint density at radius 2 is 1.37 bits per heavy atom. The number of nitrogens with two attached hydrogens (primary N) is 2. The number of aliphatic imine (C=N–C) groups is 1. The van der Waals surface area contributed by atoms with Gasteiger partial charge >= 0.3 is 12.2 Å². The van der Waals surface area contributed by atoms with Gasteiger partial charge in [0.05, 0.1) is 16.9 Å². The number of alkyl carbamates (subject to hydrolysis) is 2. The highest BCUT2D eigenvalue weighted by atomic mass is 16.6. The first-order valence-corrected chi connectivity index (χ1v) is 15.3. The number of hydrazine groups is 1. The monoisotopic (exact) mass is 587 g/mol. The maximum absolute atomic E-state index is 12.5. The highest BCUT2D eigenvalue weighted by Gasteiger charge is 2.30. The fourth-order valence-electron chi connectivity index (χ4n) is 4.38. The molecule has 0 spiro atoms. The van der Waals surface area contributed by atoms with Crippen LogP contribution in [0.25, 0.3) is 0 Å². The Balaban J connectivity index is 4.79. The Bertz CT molecular complexity index is 791. The van der Waals surface area contributed by atoms with Crippen molar-refractivity contribution in [2.24, 2.45) is 16.6 Å². The van der Waals surface area contributed by atoms with Crippen LogP contribution in [0.2, 0.25) is 0 Å². The zero-order chi connectivity index (χ0) is 31.7. The molecular formula is C30H63N7O4. The summed E-state index contributed by atoms with van der Waals surface area (Å²) >= 11 is 0. The summed E-state index contributed by atoms with van der Waals surface area (Å²) in [7, 11) is 0. The van der Waals surface area contributed by atoms with Crippen LogP contribution < -0.4 is 27.5 Å². The summed E-state index contributed by atoms with van der Waals surface area (Å²) in [4.78, 5) is 29.2. The highest BCUT2D eigenvalue weighted by molar-refractivity contribution is 5.77. The molecule has 0 bridgehead atoms. The van der Waals surface area contributed by atoms with Crippen molar-refractivity contribution in [1.29, 1.82) is 0 Å². The van der Waals surface area contributed by atoms with Crippen molar-refractivity contribution in [3.63, 3.8) is 0 Å². The summed E-state index contributed by atoms with van der Waals surface area (Å²) in [6.45, 7) is 22.4. The number of carbonyl (C=O) groups is 2. The lowest BCUT2D eigenvalue weighted by Crippen LogP contribution is -2.56. The largest absolute Gasteiger partial charge is 0.444 e. The van der Waals surface area contributed by atoms with Crippen molar-refractivity contribution in [2.45, 2.75) is 143 Å². The van der Waals surface area contributed by atoms with Crippen LogP contribution in [0.1, 0.15) is 121 Å². The van der Waals surface area contributed by atoms with Crippen molar-refractivity contribution in [1.82, 2.24) is 21.0 Å². The molecule has 2 amide bonds. The van der Waals surface area contributed by atoms with E-state index < -0.39 is 34.5 Å². The van der Waals surface area contributed by atoms with Gasteiger partial charge in [0.1, 0.15) is 11.2 Å². The van der Waals surface area contributed by atoms with Crippen molar-refractivity contribution < 1.29 is 19.1 Å². The number of carbonyl (C=O) groups excluding carboxylic acids is 2. The minimum atomic E-state index is -0.561. The Morgan fingerprint density at radius 3 is 1.88 bits per heavy atom. The Labute approximate surface area is 250 Å². The van der Waals surface area contributed by atoms with E-state index in [2.05, 4.69) is 27.9 Å². The number of amides is 2. The fourth-order valence-corrected chi connectivity index (χ4v) is 4.38. The molecule has 11 nitrogen and oxygen atoms in total. The van der Waals surface area contributed by atoms with Crippen molar-refractivity contribution in [2.75, 3.05) is 32.7 Å². The number of nitrogens with one attached hydrogen (secondary N) is 3. The van der Waals surface area contributed by atoms with Gasteiger partial charge in [-0.3, -0.25) is 10.8 Å². The van der Waals surface area contributed by atoms with Gasteiger partial charge in [-0.1, -0.05) is 19.8 Å². The number of unbranched alkanes of at least 4 members (excludes halogenated alkanes) is 3. The molecule has 41 heavy (non-hydrogen) atoms. The van der Waals surface area contributed by atoms with Gasteiger partial charge in [0.15, 0.2) is 0 Å². The van der Waals surface area contributed by atoms with E-state index in [1.54, 1.807) is 11.9 Å². The second-order valence-corrected chi connectivity index (χ2v) is 13.8. The van der Waals surface area contributed by atoms with Crippen LogP contribution in [0.4, 0.5) is 9.59 Å². The second kappa shape index (κ2) is 18.4. The Hall–Kier alpha value is -2.11. The van der Waals surface area contributed by atoms with E-state index in [1.807, 2.05) is 55.4 Å². The van der Waals surface area contributed by atoms with E-state index in [4.69, 9.17) is 21.1 Å². The topological polar surface area (TPSA) is 156 Å². The lowest BCUT2D eigenvalue weighted by Gasteiger charge is -2.35. The third-order valence-corrected chi connectivity index (χ3v) is 6.30. The molecule has 7 N–H and O–H groups in total. The van der Waals surface area contributed by atoms with Crippen LogP contribution in [-0.4, -0.2) is 78.0 Å². The molecule has 0 aromatic rings. The third kappa shape index (κ3) is 22.2. The lowest BCUT2D eigenvalue weighted by atomic mass is 9.94. The zero-order valence-electron chi connectivity index (χ0n) is 27.9. The lowest BCUT2D eigenvalue weighted by molar-refractivity contribution is 0.0419. The summed E-state index contributed by atoms with van der Waals surface area (Å²) in [5, 5.41) is 11.4. The van der Waals surface area contributed by atoms with Gasteiger partial charge < -0.3 is 31.2 Å². The first-order chi connectivity index (χ1) is 18.8. The SMILES string of the molecule is CCCCC(C)(CN(N)CCCC[16NH]CC(C)(CCCCN=C(C)N)NC(=O)OC(C)(C)C)NC(=O)OC(C)(C)C. The molecule has 0 saturated carbocycles. The summed E-state index contributed by atoms with van der Waals surface area (Å²) < 4.78 is 11.0. The maximum atomic E-state index is 12.5. The van der Waals surface area contributed by atoms with Crippen LogP contribution in [0.5, 0.6) is 0 Å². The van der Waals surface area contributed by atoms with Gasteiger partial charge in [-0.15, -0.1) is 0 Å². The van der Waals surface area contributed by atoms with Crippen LogP contribution in [0.3, 0.4) is 0 Å². The molecule has 0 fully saturated rings. The zero-order valence-corrected chi connectivity index (χ0v) is 27.9. The quantitative estimate of drug-likeness (QED) is 0.0473. The predicted molar refractivity (Wildman–Crippen MR) is 169 cm³/mol. The molecule has 2 unspecified atom stereocenters. The van der Waals surface area contributed by atoms with Crippen LogP contribution >= 0.6 is 0 Å². The number of amidine groups is 1. The average Bonchev–Trinajstić information content (AvgIpc) is 2.76. The molecule has 0 aliphatic carbocycles. The van der Waals surface area contributed by atoms with E-state index in [0.29, 0.717) is 32.0 Å². The minimum absolute atomic E-state index is 0.414. The van der Waals surface area contributed by atoms with E-state index in [-0.39, 0.29) is 0 Å².